The van der Waals surface area contributed by atoms with Crippen molar-refractivity contribution in [1.29, 1.82) is 5.26 Å². The van der Waals surface area contributed by atoms with Gasteiger partial charge in [0.25, 0.3) is 0 Å². The van der Waals surface area contributed by atoms with Crippen LogP contribution in [-0.4, -0.2) is 50.6 Å². The zero-order chi connectivity index (χ0) is 18.1. The van der Waals surface area contributed by atoms with Gasteiger partial charge in [0.15, 0.2) is 5.54 Å². The fraction of sp³-hybridized carbons (Fsp3) is 0.571. The molecule has 0 amide bonds. The Morgan fingerprint density at radius 2 is 2.33 bits per heavy atom. The molecule has 1 aliphatic rings. The van der Waals surface area contributed by atoms with Crippen LogP contribution >= 0.6 is 0 Å². The molecule has 2 unspecified atom stereocenters. The number of hydrogen-bond acceptors (Lipinski definition) is 9. The molecule has 0 radical (unpaired) electrons. The molecule has 1 fully saturated rings. The van der Waals surface area contributed by atoms with E-state index in [0.29, 0.717) is 0 Å². The number of ether oxygens (including phenoxy) is 1. The van der Waals surface area contributed by atoms with E-state index in [0.717, 1.165) is 4.57 Å². The SMILES string of the molecule is C[C@H](N)C(=O)OC[C@H]1C[C@@](C#N)(n2ccc(N)nc2=O)C(O)C1O. The predicted octanol–water partition coefficient (Wildman–Crippen LogP) is -2.32. The summed E-state index contributed by atoms with van der Waals surface area (Å²) < 4.78 is 5.90. The number of nitrogens with zero attached hydrogens (tertiary/aromatic N) is 3. The average molecular weight is 337 g/mol. The van der Waals surface area contributed by atoms with Crippen LogP contribution in [0.1, 0.15) is 13.3 Å². The van der Waals surface area contributed by atoms with Gasteiger partial charge < -0.3 is 26.4 Å². The van der Waals surface area contributed by atoms with Crippen molar-refractivity contribution in [2.45, 2.75) is 37.1 Å². The Morgan fingerprint density at radius 3 is 2.88 bits per heavy atom. The second kappa shape index (κ2) is 6.56. The molecule has 1 saturated carbocycles. The normalized spacial score (nSPS) is 30.5. The van der Waals surface area contributed by atoms with Gasteiger partial charge in [-0.2, -0.15) is 10.2 Å². The second-order valence-corrected chi connectivity index (χ2v) is 5.86. The Kier molecular flexibility index (Phi) is 4.88. The minimum absolute atomic E-state index is 0.0280. The van der Waals surface area contributed by atoms with Crippen LogP contribution in [0.2, 0.25) is 0 Å². The molecule has 0 bridgehead atoms. The summed E-state index contributed by atoms with van der Waals surface area (Å²) in [6.45, 7) is 1.21. The van der Waals surface area contributed by atoms with Crippen molar-refractivity contribution in [2.24, 2.45) is 11.7 Å². The van der Waals surface area contributed by atoms with Gasteiger partial charge >= 0.3 is 11.7 Å². The van der Waals surface area contributed by atoms with Crippen molar-refractivity contribution in [3.8, 4) is 6.07 Å². The number of anilines is 1. The minimum Gasteiger partial charge on any atom is -0.464 e. The Labute approximate surface area is 137 Å². The number of aliphatic hydroxyl groups is 2. The lowest BCUT2D eigenvalue weighted by molar-refractivity contribution is -0.147. The summed E-state index contributed by atoms with van der Waals surface area (Å²) in [5.41, 5.74) is 8.25. The molecule has 2 rings (SSSR count). The fourth-order valence-electron chi connectivity index (χ4n) is 2.79. The highest BCUT2D eigenvalue weighted by molar-refractivity contribution is 5.74. The monoisotopic (exact) mass is 337 g/mol. The third kappa shape index (κ3) is 2.96. The molecule has 1 aromatic heterocycles. The summed E-state index contributed by atoms with van der Waals surface area (Å²) in [5.74, 6) is -1.44. The van der Waals surface area contributed by atoms with E-state index in [1.165, 1.54) is 19.2 Å². The predicted molar refractivity (Wildman–Crippen MR) is 81.2 cm³/mol. The van der Waals surface area contributed by atoms with Gasteiger partial charge in [-0.15, -0.1) is 0 Å². The molecule has 1 aliphatic carbocycles. The van der Waals surface area contributed by atoms with E-state index in [1.807, 2.05) is 6.07 Å². The van der Waals surface area contributed by atoms with E-state index in [-0.39, 0.29) is 18.8 Å². The van der Waals surface area contributed by atoms with Crippen molar-refractivity contribution < 1.29 is 19.7 Å². The van der Waals surface area contributed by atoms with Crippen LogP contribution in [0.4, 0.5) is 5.82 Å². The van der Waals surface area contributed by atoms with Crippen molar-refractivity contribution in [3.63, 3.8) is 0 Å². The topological polar surface area (TPSA) is 177 Å². The molecule has 10 heteroatoms. The Morgan fingerprint density at radius 1 is 1.67 bits per heavy atom. The lowest BCUT2D eigenvalue weighted by Gasteiger charge is -2.27. The van der Waals surface area contributed by atoms with Crippen molar-refractivity contribution in [2.75, 3.05) is 12.3 Å². The molecule has 0 aromatic carbocycles. The molecule has 10 nitrogen and oxygen atoms in total. The van der Waals surface area contributed by atoms with Crippen LogP contribution in [0.15, 0.2) is 17.1 Å². The summed E-state index contributed by atoms with van der Waals surface area (Å²) in [6, 6.07) is 2.36. The highest BCUT2D eigenvalue weighted by Gasteiger charge is 2.55. The molecule has 1 aromatic rings. The fourth-order valence-corrected chi connectivity index (χ4v) is 2.79. The molecule has 0 aliphatic heterocycles. The van der Waals surface area contributed by atoms with Gasteiger partial charge in [-0.25, -0.2) is 4.79 Å². The highest BCUT2D eigenvalue weighted by Crippen LogP contribution is 2.40. The number of nitriles is 1. The number of nitrogen functional groups attached to an aromatic ring is 1. The minimum atomic E-state index is -1.73. The Balaban J connectivity index is 2.30. The maximum absolute atomic E-state index is 12.0. The largest absolute Gasteiger partial charge is 0.464 e. The third-order valence-corrected chi connectivity index (χ3v) is 4.13. The summed E-state index contributed by atoms with van der Waals surface area (Å²) in [4.78, 5) is 27.0. The molecule has 24 heavy (non-hydrogen) atoms. The standard InChI is InChI=1S/C14H19N5O5/c1-7(16)12(22)24-5-8-4-14(6-15,11(21)10(8)20)19-3-2-9(17)18-13(19)23/h2-3,7-8,10-11,20-21H,4-5,16H2,1H3,(H2,17,18,23)/t7-,8+,10?,11?,14-/m0/s1. The molecule has 0 spiro atoms. The zero-order valence-electron chi connectivity index (χ0n) is 13.0. The van der Waals surface area contributed by atoms with Gasteiger partial charge in [0.1, 0.15) is 18.0 Å². The van der Waals surface area contributed by atoms with Gasteiger partial charge in [-0.05, 0) is 19.4 Å². The molecule has 0 saturated heterocycles. The molecular weight excluding hydrogens is 318 g/mol. The van der Waals surface area contributed by atoms with E-state index < -0.39 is 41.4 Å². The zero-order valence-corrected chi connectivity index (χ0v) is 13.0. The number of rotatable bonds is 4. The summed E-state index contributed by atoms with van der Waals surface area (Å²) in [5, 5.41) is 30.1. The van der Waals surface area contributed by atoms with Crippen molar-refractivity contribution in [3.05, 3.63) is 22.7 Å². The van der Waals surface area contributed by atoms with Crippen LogP contribution in [0, 0.1) is 17.2 Å². The quantitative estimate of drug-likeness (QED) is 0.439. The number of nitrogens with two attached hydrogens (primary N) is 2. The van der Waals surface area contributed by atoms with Gasteiger partial charge in [0.2, 0.25) is 0 Å². The number of aliphatic hydroxyl groups excluding tert-OH is 2. The molecular formula is C14H19N5O5. The van der Waals surface area contributed by atoms with Crippen LogP contribution in [-0.2, 0) is 15.1 Å². The number of carbonyl (C=O) groups excluding carboxylic acids is 1. The van der Waals surface area contributed by atoms with Gasteiger partial charge in [0.05, 0.1) is 18.8 Å². The summed E-state index contributed by atoms with van der Waals surface area (Å²) in [7, 11) is 0. The Bertz CT molecular complexity index is 727. The van der Waals surface area contributed by atoms with Crippen LogP contribution < -0.4 is 17.2 Å². The van der Waals surface area contributed by atoms with Crippen LogP contribution in [0.5, 0.6) is 0 Å². The van der Waals surface area contributed by atoms with Crippen LogP contribution in [0.25, 0.3) is 0 Å². The third-order valence-electron chi connectivity index (χ3n) is 4.13. The first-order chi connectivity index (χ1) is 11.2. The molecule has 6 N–H and O–H groups in total. The molecule has 5 atom stereocenters. The summed E-state index contributed by atoms with van der Waals surface area (Å²) >= 11 is 0. The maximum atomic E-state index is 12.0. The van der Waals surface area contributed by atoms with Gasteiger partial charge in [-0.3, -0.25) is 9.36 Å². The highest BCUT2D eigenvalue weighted by atomic mass is 16.5. The number of carbonyl (C=O) groups is 1. The van der Waals surface area contributed by atoms with E-state index in [1.54, 1.807) is 0 Å². The first kappa shape index (κ1) is 17.9. The number of aromatic nitrogens is 2. The van der Waals surface area contributed by atoms with E-state index in [2.05, 4.69) is 4.98 Å². The van der Waals surface area contributed by atoms with E-state index in [9.17, 15) is 25.1 Å². The van der Waals surface area contributed by atoms with Crippen LogP contribution in [0.3, 0.4) is 0 Å². The lowest BCUT2D eigenvalue weighted by Crippen LogP contribution is -2.48. The first-order valence-electron chi connectivity index (χ1n) is 7.28. The van der Waals surface area contributed by atoms with Gasteiger partial charge in [0, 0.05) is 12.1 Å². The second-order valence-electron chi connectivity index (χ2n) is 5.86. The maximum Gasteiger partial charge on any atom is 0.350 e. The molecule has 130 valence electrons. The average Bonchev–Trinajstić information content (AvgIpc) is 2.77. The van der Waals surface area contributed by atoms with E-state index >= 15 is 0 Å². The number of hydrogen-bond donors (Lipinski definition) is 4. The lowest BCUT2D eigenvalue weighted by atomic mass is 9.95. The van der Waals surface area contributed by atoms with Crippen molar-refractivity contribution in [1.82, 2.24) is 9.55 Å². The molecule has 1 heterocycles. The smallest absolute Gasteiger partial charge is 0.350 e. The Hall–Kier alpha value is -2.48. The first-order valence-corrected chi connectivity index (χ1v) is 7.28. The van der Waals surface area contributed by atoms with E-state index in [4.69, 9.17) is 16.2 Å². The van der Waals surface area contributed by atoms with Crippen molar-refractivity contribution >= 4 is 11.8 Å². The number of esters is 1. The van der Waals surface area contributed by atoms with Gasteiger partial charge in [-0.1, -0.05) is 0 Å². The summed E-state index contributed by atoms with van der Waals surface area (Å²) in [6.07, 6.45) is -1.80.